The van der Waals surface area contributed by atoms with Gasteiger partial charge in [-0.1, -0.05) is 18.2 Å². The van der Waals surface area contributed by atoms with Crippen molar-refractivity contribution in [1.29, 1.82) is 0 Å². The fourth-order valence-corrected chi connectivity index (χ4v) is 4.10. The SMILES string of the molecule is CC(C)(CCl)C(=O)Nc1ccccc1[C@H]1SCC(=O)N1c1ccc(F)cc1F. The van der Waals surface area contributed by atoms with Crippen LogP contribution in [0.4, 0.5) is 20.2 Å². The Hall–Kier alpha value is -2.12. The molecule has 0 spiro atoms. The Bertz CT molecular complexity index is 923. The zero-order chi connectivity index (χ0) is 20.5. The van der Waals surface area contributed by atoms with Crippen LogP contribution in [0.15, 0.2) is 42.5 Å². The molecule has 2 aromatic carbocycles. The standard InChI is InChI=1S/C20H19ClF2N2O2S/c1-20(2,11-21)19(27)24-15-6-4-3-5-13(15)18-25(17(26)10-28-18)16-8-7-12(22)9-14(16)23/h3-9,18H,10-11H2,1-2H3,(H,24,27)/t18-/m1/s1. The maximum atomic E-state index is 14.3. The number of nitrogens with one attached hydrogen (secondary N) is 1. The number of hydrogen-bond donors (Lipinski definition) is 1. The molecule has 28 heavy (non-hydrogen) atoms. The third-order valence-electron chi connectivity index (χ3n) is 4.46. The predicted octanol–water partition coefficient (Wildman–Crippen LogP) is 4.95. The second-order valence-corrected chi connectivity index (χ2v) is 8.42. The molecule has 1 N–H and O–H groups in total. The molecule has 0 aliphatic carbocycles. The summed E-state index contributed by atoms with van der Waals surface area (Å²) >= 11 is 7.20. The number of thioether (sulfide) groups is 1. The topological polar surface area (TPSA) is 49.4 Å². The average molecular weight is 425 g/mol. The van der Waals surface area contributed by atoms with E-state index in [1.807, 2.05) is 0 Å². The number of anilines is 2. The van der Waals surface area contributed by atoms with Gasteiger partial charge in [0.1, 0.15) is 17.0 Å². The lowest BCUT2D eigenvalue weighted by molar-refractivity contribution is -0.123. The van der Waals surface area contributed by atoms with E-state index >= 15 is 0 Å². The molecule has 0 unspecified atom stereocenters. The number of halogens is 3. The first-order valence-electron chi connectivity index (χ1n) is 8.59. The van der Waals surface area contributed by atoms with E-state index in [2.05, 4.69) is 5.32 Å². The van der Waals surface area contributed by atoms with E-state index in [0.29, 0.717) is 11.3 Å². The molecular formula is C20H19ClF2N2O2S. The normalized spacial score (nSPS) is 17.1. The predicted molar refractivity (Wildman–Crippen MR) is 109 cm³/mol. The van der Waals surface area contributed by atoms with Crippen LogP contribution in [-0.4, -0.2) is 23.4 Å². The van der Waals surface area contributed by atoms with Gasteiger partial charge in [-0.25, -0.2) is 8.78 Å². The van der Waals surface area contributed by atoms with E-state index in [1.165, 1.54) is 22.7 Å². The van der Waals surface area contributed by atoms with E-state index in [-0.39, 0.29) is 29.1 Å². The van der Waals surface area contributed by atoms with Crippen LogP contribution in [0.2, 0.25) is 0 Å². The fourth-order valence-electron chi connectivity index (χ4n) is 2.77. The Labute approximate surface area is 171 Å². The van der Waals surface area contributed by atoms with Crippen LogP contribution in [0.3, 0.4) is 0 Å². The van der Waals surface area contributed by atoms with Crippen molar-refractivity contribution in [2.75, 3.05) is 21.8 Å². The van der Waals surface area contributed by atoms with Crippen LogP contribution >= 0.6 is 23.4 Å². The number of para-hydroxylation sites is 1. The zero-order valence-electron chi connectivity index (χ0n) is 15.3. The van der Waals surface area contributed by atoms with Crippen LogP contribution in [0.25, 0.3) is 0 Å². The first-order valence-corrected chi connectivity index (χ1v) is 10.2. The molecule has 1 aliphatic heterocycles. The molecule has 1 aliphatic rings. The summed E-state index contributed by atoms with van der Waals surface area (Å²) in [6, 6.07) is 10.1. The smallest absolute Gasteiger partial charge is 0.238 e. The number of hydrogen-bond acceptors (Lipinski definition) is 3. The number of benzene rings is 2. The third kappa shape index (κ3) is 4.00. The van der Waals surface area contributed by atoms with Crippen LogP contribution in [0, 0.1) is 17.0 Å². The molecule has 148 valence electrons. The Morgan fingerprint density at radius 1 is 1.29 bits per heavy atom. The molecule has 2 amide bonds. The van der Waals surface area contributed by atoms with Crippen molar-refractivity contribution in [1.82, 2.24) is 0 Å². The quantitative estimate of drug-likeness (QED) is 0.691. The molecule has 0 saturated carbocycles. The Morgan fingerprint density at radius 3 is 2.68 bits per heavy atom. The number of carbonyl (C=O) groups excluding carboxylic acids is 2. The minimum Gasteiger partial charge on any atom is -0.325 e. The minimum absolute atomic E-state index is 0.00335. The highest BCUT2D eigenvalue weighted by molar-refractivity contribution is 8.00. The Morgan fingerprint density at radius 2 is 2.00 bits per heavy atom. The maximum absolute atomic E-state index is 14.3. The number of alkyl halides is 1. The highest BCUT2D eigenvalue weighted by atomic mass is 35.5. The minimum atomic E-state index is -0.814. The van der Waals surface area contributed by atoms with Crippen molar-refractivity contribution in [3.8, 4) is 0 Å². The second-order valence-electron chi connectivity index (χ2n) is 7.08. The van der Waals surface area contributed by atoms with Crippen LogP contribution in [-0.2, 0) is 9.59 Å². The number of amides is 2. The summed E-state index contributed by atoms with van der Waals surface area (Å²) in [5.41, 5.74) is 0.394. The summed E-state index contributed by atoms with van der Waals surface area (Å²) in [5.74, 6) is -1.79. The Balaban J connectivity index is 1.98. The summed E-state index contributed by atoms with van der Waals surface area (Å²) in [4.78, 5) is 26.3. The largest absolute Gasteiger partial charge is 0.325 e. The van der Waals surface area contributed by atoms with Gasteiger partial charge in [0.05, 0.1) is 16.9 Å². The molecule has 3 rings (SSSR count). The fraction of sp³-hybridized carbons (Fsp3) is 0.300. The second kappa shape index (κ2) is 8.09. The van der Waals surface area contributed by atoms with E-state index in [4.69, 9.17) is 11.6 Å². The van der Waals surface area contributed by atoms with Crippen LogP contribution in [0.1, 0.15) is 24.8 Å². The number of carbonyl (C=O) groups is 2. The summed E-state index contributed by atoms with van der Waals surface area (Å²) < 4.78 is 27.6. The van der Waals surface area contributed by atoms with E-state index in [9.17, 15) is 18.4 Å². The van der Waals surface area contributed by atoms with Gasteiger partial charge in [0.2, 0.25) is 11.8 Å². The van der Waals surface area contributed by atoms with Crippen molar-refractivity contribution in [2.45, 2.75) is 19.2 Å². The highest BCUT2D eigenvalue weighted by Crippen LogP contribution is 2.45. The van der Waals surface area contributed by atoms with Gasteiger partial charge in [0.15, 0.2) is 0 Å². The molecule has 4 nitrogen and oxygen atoms in total. The van der Waals surface area contributed by atoms with Crippen molar-refractivity contribution < 1.29 is 18.4 Å². The van der Waals surface area contributed by atoms with Crippen molar-refractivity contribution in [3.05, 3.63) is 59.7 Å². The first kappa shape index (κ1) is 20.6. The molecule has 1 atom stereocenters. The molecule has 2 aromatic rings. The van der Waals surface area contributed by atoms with Gasteiger partial charge in [-0.15, -0.1) is 23.4 Å². The van der Waals surface area contributed by atoms with E-state index in [1.54, 1.807) is 38.1 Å². The Kier molecular flexibility index (Phi) is 5.95. The lowest BCUT2D eigenvalue weighted by Crippen LogP contribution is -2.33. The van der Waals surface area contributed by atoms with Crippen molar-refractivity contribution >= 4 is 46.6 Å². The third-order valence-corrected chi connectivity index (χ3v) is 6.32. The van der Waals surface area contributed by atoms with Gasteiger partial charge in [-0.05, 0) is 32.0 Å². The summed E-state index contributed by atoms with van der Waals surface area (Å²) in [6.07, 6.45) is 0. The zero-order valence-corrected chi connectivity index (χ0v) is 16.9. The lowest BCUT2D eigenvalue weighted by Gasteiger charge is -2.27. The maximum Gasteiger partial charge on any atom is 0.238 e. The molecule has 8 heteroatoms. The average Bonchev–Trinajstić information content (AvgIpc) is 3.03. The van der Waals surface area contributed by atoms with Gasteiger partial charge < -0.3 is 5.32 Å². The van der Waals surface area contributed by atoms with Gasteiger partial charge in [-0.3, -0.25) is 14.5 Å². The van der Waals surface area contributed by atoms with Gasteiger partial charge in [0, 0.05) is 23.2 Å². The van der Waals surface area contributed by atoms with Gasteiger partial charge >= 0.3 is 0 Å². The highest BCUT2D eigenvalue weighted by Gasteiger charge is 2.37. The van der Waals surface area contributed by atoms with Crippen molar-refractivity contribution in [3.63, 3.8) is 0 Å². The van der Waals surface area contributed by atoms with Crippen LogP contribution < -0.4 is 10.2 Å². The summed E-state index contributed by atoms with van der Waals surface area (Å²) in [6.45, 7) is 3.46. The first-order chi connectivity index (χ1) is 13.2. The number of nitrogens with zero attached hydrogens (tertiary/aromatic N) is 1. The molecule has 1 fully saturated rings. The lowest BCUT2D eigenvalue weighted by atomic mass is 9.95. The summed E-state index contributed by atoms with van der Waals surface area (Å²) in [7, 11) is 0. The molecule has 0 radical (unpaired) electrons. The van der Waals surface area contributed by atoms with Gasteiger partial charge in [-0.2, -0.15) is 0 Å². The molecule has 0 bridgehead atoms. The molecular weight excluding hydrogens is 406 g/mol. The summed E-state index contributed by atoms with van der Waals surface area (Å²) in [5, 5.41) is 2.31. The van der Waals surface area contributed by atoms with Gasteiger partial charge in [0.25, 0.3) is 0 Å². The number of rotatable bonds is 5. The van der Waals surface area contributed by atoms with Crippen molar-refractivity contribution in [2.24, 2.45) is 5.41 Å². The van der Waals surface area contributed by atoms with Crippen LogP contribution in [0.5, 0.6) is 0 Å². The molecule has 1 heterocycles. The molecule has 0 aromatic heterocycles. The van der Waals surface area contributed by atoms with E-state index in [0.717, 1.165) is 12.1 Å². The monoisotopic (exact) mass is 424 g/mol. The van der Waals surface area contributed by atoms with E-state index < -0.39 is 22.4 Å². The molecule has 1 saturated heterocycles.